The second-order valence-corrected chi connectivity index (χ2v) is 5.61. The summed E-state index contributed by atoms with van der Waals surface area (Å²) in [5.41, 5.74) is -0.0287. The minimum atomic E-state index is -0.0945. The molecule has 1 aromatic heterocycles. The van der Waals surface area contributed by atoms with E-state index in [0.29, 0.717) is 6.04 Å². The topological polar surface area (TPSA) is 43.3 Å². The van der Waals surface area contributed by atoms with Gasteiger partial charge in [-0.05, 0) is 46.2 Å². The van der Waals surface area contributed by atoms with Crippen LogP contribution < -0.4 is 10.9 Å². The van der Waals surface area contributed by atoms with Crippen molar-refractivity contribution in [1.29, 1.82) is 0 Å². The van der Waals surface area contributed by atoms with E-state index >= 15 is 0 Å². The van der Waals surface area contributed by atoms with E-state index in [4.69, 9.17) is 4.74 Å². The lowest BCUT2D eigenvalue weighted by Crippen LogP contribution is -2.36. The first-order valence-electron chi connectivity index (χ1n) is 6.88. The maximum absolute atomic E-state index is 11.5. The molecule has 0 saturated carbocycles. The summed E-state index contributed by atoms with van der Waals surface area (Å²) in [5, 5.41) is 3.47. The fourth-order valence-corrected chi connectivity index (χ4v) is 2.14. The first kappa shape index (κ1) is 15.9. The molecule has 19 heavy (non-hydrogen) atoms. The Kier molecular flexibility index (Phi) is 6.25. The molecule has 0 spiro atoms. The van der Waals surface area contributed by atoms with Gasteiger partial charge in [0.25, 0.3) is 0 Å². The lowest BCUT2D eigenvalue weighted by molar-refractivity contribution is 0.00858. The molecule has 1 aromatic rings. The number of ether oxygens (including phenoxy) is 1. The molecule has 0 aliphatic heterocycles. The van der Waals surface area contributed by atoms with E-state index in [-0.39, 0.29) is 11.2 Å². The first-order chi connectivity index (χ1) is 8.94. The first-order valence-corrected chi connectivity index (χ1v) is 6.88. The van der Waals surface area contributed by atoms with Gasteiger partial charge < -0.3 is 14.6 Å². The highest BCUT2D eigenvalue weighted by molar-refractivity contribution is 4.93. The molecule has 0 aromatic carbocycles. The van der Waals surface area contributed by atoms with Gasteiger partial charge in [-0.2, -0.15) is 0 Å². The van der Waals surface area contributed by atoms with Crippen LogP contribution in [0, 0.1) is 0 Å². The molecule has 0 fully saturated rings. The van der Waals surface area contributed by atoms with Crippen molar-refractivity contribution < 1.29 is 4.74 Å². The van der Waals surface area contributed by atoms with Crippen molar-refractivity contribution in [3.63, 3.8) is 0 Å². The molecule has 4 heteroatoms. The summed E-state index contributed by atoms with van der Waals surface area (Å²) in [6.45, 7) is 8.01. The number of methoxy groups -OCH3 is 1. The number of hydrogen-bond acceptors (Lipinski definition) is 3. The van der Waals surface area contributed by atoms with Gasteiger partial charge in [0.15, 0.2) is 0 Å². The van der Waals surface area contributed by atoms with Crippen molar-refractivity contribution in [3.8, 4) is 0 Å². The van der Waals surface area contributed by atoms with Crippen molar-refractivity contribution in [2.45, 2.75) is 51.8 Å². The molecule has 1 heterocycles. The second-order valence-electron chi connectivity index (χ2n) is 5.61. The Morgan fingerprint density at radius 1 is 1.42 bits per heavy atom. The molecule has 1 rings (SSSR count). The quantitative estimate of drug-likeness (QED) is 0.732. The molecule has 0 saturated heterocycles. The highest BCUT2D eigenvalue weighted by atomic mass is 16.5. The van der Waals surface area contributed by atoms with Gasteiger partial charge in [0.1, 0.15) is 0 Å². The van der Waals surface area contributed by atoms with Crippen molar-refractivity contribution in [1.82, 2.24) is 9.88 Å². The molecule has 1 atom stereocenters. The van der Waals surface area contributed by atoms with Crippen LogP contribution in [0.5, 0.6) is 0 Å². The minimum absolute atomic E-state index is 0.0658. The Bertz CT molecular complexity index is 426. The third kappa shape index (κ3) is 6.03. The number of nitrogens with zero attached hydrogens (tertiary/aromatic N) is 1. The van der Waals surface area contributed by atoms with Crippen LogP contribution in [-0.4, -0.2) is 29.9 Å². The van der Waals surface area contributed by atoms with Gasteiger partial charge in [-0.1, -0.05) is 6.07 Å². The highest BCUT2D eigenvalue weighted by Crippen LogP contribution is 2.15. The summed E-state index contributed by atoms with van der Waals surface area (Å²) in [6, 6.07) is 5.66. The monoisotopic (exact) mass is 266 g/mol. The third-order valence-electron chi connectivity index (χ3n) is 3.32. The predicted octanol–water partition coefficient (Wildman–Crippen LogP) is 2.03. The Morgan fingerprint density at radius 2 is 2.16 bits per heavy atom. The molecule has 0 radical (unpaired) electrons. The number of rotatable bonds is 8. The predicted molar refractivity (Wildman–Crippen MR) is 78.5 cm³/mol. The van der Waals surface area contributed by atoms with Crippen molar-refractivity contribution in [2.75, 3.05) is 13.7 Å². The molecule has 0 amide bonds. The zero-order valence-corrected chi connectivity index (χ0v) is 12.5. The summed E-state index contributed by atoms with van der Waals surface area (Å²) in [5.74, 6) is 0. The molecule has 108 valence electrons. The van der Waals surface area contributed by atoms with Crippen LogP contribution in [0.2, 0.25) is 0 Å². The van der Waals surface area contributed by atoms with Crippen molar-refractivity contribution in [3.05, 3.63) is 34.7 Å². The summed E-state index contributed by atoms with van der Waals surface area (Å²) in [6.07, 6.45) is 3.75. The van der Waals surface area contributed by atoms with E-state index < -0.39 is 0 Å². The zero-order valence-electron chi connectivity index (χ0n) is 12.5. The van der Waals surface area contributed by atoms with Gasteiger partial charge in [0.2, 0.25) is 5.56 Å². The van der Waals surface area contributed by atoms with E-state index in [1.807, 2.05) is 12.3 Å². The highest BCUT2D eigenvalue weighted by Gasteiger charge is 2.19. The van der Waals surface area contributed by atoms with Gasteiger partial charge in [-0.3, -0.25) is 4.79 Å². The van der Waals surface area contributed by atoms with Gasteiger partial charge >= 0.3 is 0 Å². The van der Waals surface area contributed by atoms with Crippen LogP contribution in [0.3, 0.4) is 0 Å². The lowest BCUT2D eigenvalue weighted by Gasteiger charge is -2.27. The normalized spacial score (nSPS) is 13.5. The largest absolute Gasteiger partial charge is 0.379 e. The fourth-order valence-electron chi connectivity index (χ4n) is 2.14. The average Bonchev–Trinajstić information content (AvgIpc) is 2.36. The van der Waals surface area contributed by atoms with E-state index in [9.17, 15) is 4.79 Å². The van der Waals surface area contributed by atoms with E-state index in [2.05, 4.69) is 26.1 Å². The Hall–Kier alpha value is -1.13. The van der Waals surface area contributed by atoms with Gasteiger partial charge in [0, 0.05) is 32.0 Å². The molecule has 0 aliphatic carbocycles. The SMILES string of the molecule is COC(C)(C)CC(C)NCCCn1ccccc1=O. The van der Waals surface area contributed by atoms with E-state index in [0.717, 1.165) is 25.9 Å². The van der Waals surface area contributed by atoms with Crippen LogP contribution in [0.25, 0.3) is 0 Å². The lowest BCUT2D eigenvalue weighted by atomic mass is 10.00. The summed E-state index contributed by atoms with van der Waals surface area (Å²) in [7, 11) is 1.74. The summed E-state index contributed by atoms with van der Waals surface area (Å²) < 4.78 is 7.16. The number of hydrogen-bond donors (Lipinski definition) is 1. The Balaban J connectivity index is 2.24. The van der Waals surface area contributed by atoms with Gasteiger partial charge in [-0.25, -0.2) is 0 Å². The summed E-state index contributed by atoms with van der Waals surface area (Å²) in [4.78, 5) is 11.5. The van der Waals surface area contributed by atoms with Crippen molar-refractivity contribution >= 4 is 0 Å². The average molecular weight is 266 g/mol. The Morgan fingerprint density at radius 3 is 2.79 bits per heavy atom. The van der Waals surface area contributed by atoms with Crippen LogP contribution in [-0.2, 0) is 11.3 Å². The minimum Gasteiger partial charge on any atom is -0.379 e. The molecule has 0 bridgehead atoms. The van der Waals surface area contributed by atoms with E-state index in [1.165, 1.54) is 0 Å². The fraction of sp³-hybridized carbons (Fsp3) is 0.667. The zero-order chi connectivity index (χ0) is 14.3. The van der Waals surface area contributed by atoms with Crippen LogP contribution in [0.15, 0.2) is 29.2 Å². The maximum Gasteiger partial charge on any atom is 0.250 e. The maximum atomic E-state index is 11.5. The molecular formula is C15H26N2O2. The second kappa shape index (κ2) is 7.46. The van der Waals surface area contributed by atoms with Crippen LogP contribution in [0.4, 0.5) is 0 Å². The van der Waals surface area contributed by atoms with E-state index in [1.54, 1.807) is 23.8 Å². The van der Waals surface area contributed by atoms with Crippen LogP contribution >= 0.6 is 0 Å². The standard InChI is InChI=1S/C15H26N2O2/c1-13(12-15(2,3)19-4)16-9-7-11-17-10-6-5-8-14(17)18/h5-6,8,10,13,16H,7,9,11-12H2,1-4H3. The number of pyridine rings is 1. The molecule has 0 aliphatic rings. The van der Waals surface area contributed by atoms with Crippen LogP contribution in [0.1, 0.15) is 33.6 Å². The molecular weight excluding hydrogens is 240 g/mol. The summed E-state index contributed by atoms with van der Waals surface area (Å²) >= 11 is 0. The Labute approximate surface area is 115 Å². The van der Waals surface area contributed by atoms with Crippen molar-refractivity contribution in [2.24, 2.45) is 0 Å². The number of nitrogens with one attached hydrogen (secondary N) is 1. The smallest absolute Gasteiger partial charge is 0.250 e. The number of aryl methyl sites for hydroxylation is 1. The third-order valence-corrected chi connectivity index (χ3v) is 3.32. The molecule has 1 unspecified atom stereocenters. The van der Waals surface area contributed by atoms with Gasteiger partial charge in [0.05, 0.1) is 5.60 Å². The number of aromatic nitrogens is 1. The van der Waals surface area contributed by atoms with Gasteiger partial charge in [-0.15, -0.1) is 0 Å². The molecule has 1 N–H and O–H groups in total. The molecule has 4 nitrogen and oxygen atoms in total.